The first-order chi connectivity index (χ1) is 7.99. The second-order valence-corrected chi connectivity index (χ2v) is 3.55. The van der Waals surface area contributed by atoms with Gasteiger partial charge in [-0.2, -0.15) is 0 Å². The lowest BCUT2D eigenvalue weighted by molar-refractivity contribution is -0.385. The molecule has 0 atom stereocenters. The van der Waals surface area contributed by atoms with Crippen LogP contribution in [0, 0.1) is 10.1 Å². The van der Waals surface area contributed by atoms with Gasteiger partial charge < -0.3 is 9.47 Å². The van der Waals surface area contributed by atoms with E-state index in [1.54, 1.807) is 0 Å². The Kier molecular flexibility index (Phi) is 4.28. The molecule has 0 spiro atoms. The molecule has 0 saturated heterocycles. The number of ether oxygens (including phenoxy) is 2. The van der Waals surface area contributed by atoms with Gasteiger partial charge in [-0.05, 0) is 17.7 Å². The third kappa shape index (κ3) is 3.07. The third-order valence-corrected chi connectivity index (χ3v) is 2.24. The van der Waals surface area contributed by atoms with Gasteiger partial charge in [0.1, 0.15) is 5.75 Å². The topological polar surface area (TPSA) is 78.7 Å². The number of nitrogens with zero attached hydrogens (tertiary/aromatic N) is 1. The SMILES string of the molecule is COc1cc([N+](=O)[O-])c(OC)cc1CC(=O)Cl. The lowest BCUT2D eigenvalue weighted by atomic mass is 10.1. The highest BCUT2D eigenvalue weighted by atomic mass is 35.5. The smallest absolute Gasteiger partial charge is 0.314 e. The number of carbonyl (C=O) groups is 1. The van der Waals surface area contributed by atoms with Gasteiger partial charge in [-0.25, -0.2) is 0 Å². The minimum absolute atomic E-state index is 0.0590. The highest BCUT2D eigenvalue weighted by Crippen LogP contribution is 2.34. The van der Waals surface area contributed by atoms with Gasteiger partial charge in [-0.15, -0.1) is 0 Å². The number of hydrogen-bond donors (Lipinski definition) is 0. The molecule has 1 aromatic rings. The van der Waals surface area contributed by atoms with E-state index in [-0.39, 0.29) is 23.6 Å². The van der Waals surface area contributed by atoms with Crippen molar-refractivity contribution in [2.75, 3.05) is 14.2 Å². The fraction of sp³-hybridized carbons (Fsp3) is 0.300. The Balaban J connectivity index is 3.32. The first-order valence-electron chi connectivity index (χ1n) is 4.57. The molecule has 0 aromatic heterocycles. The molecule has 0 aliphatic carbocycles. The first kappa shape index (κ1) is 13.2. The van der Waals surface area contributed by atoms with Gasteiger partial charge >= 0.3 is 5.69 Å². The zero-order chi connectivity index (χ0) is 13.0. The van der Waals surface area contributed by atoms with Crippen molar-refractivity contribution in [1.29, 1.82) is 0 Å². The fourth-order valence-corrected chi connectivity index (χ4v) is 1.52. The molecular weight excluding hydrogens is 250 g/mol. The lowest BCUT2D eigenvalue weighted by Gasteiger charge is -2.09. The van der Waals surface area contributed by atoms with Crippen molar-refractivity contribution in [3.8, 4) is 11.5 Å². The van der Waals surface area contributed by atoms with Crippen LogP contribution in [0.3, 0.4) is 0 Å². The van der Waals surface area contributed by atoms with Crippen molar-refractivity contribution < 1.29 is 19.2 Å². The van der Waals surface area contributed by atoms with E-state index in [0.29, 0.717) is 5.56 Å². The summed E-state index contributed by atoms with van der Waals surface area (Å²) in [7, 11) is 2.66. The summed E-state index contributed by atoms with van der Waals surface area (Å²) in [6, 6.07) is 2.57. The molecule has 6 nitrogen and oxygen atoms in total. The molecule has 0 fully saturated rings. The molecule has 92 valence electrons. The number of methoxy groups -OCH3 is 2. The van der Waals surface area contributed by atoms with Crippen molar-refractivity contribution >= 4 is 22.5 Å². The monoisotopic (exact) mass is 259 g/mol. The van der Waals surface area contributed by atoms with Crippen LogP contribution >= 0.6 is 11.6 Å². The van der Waals surface area contributed by atoms with E-state index in [9.17, 15) is 14.9 Å². The summed E-state index contributed by atoms with van der Waals surface area (Å²) in [4.78, 5) is 21.0. The molecule has 1 aromatic carbocycles. The molecule has 0 heterocycles. The number of rotatable bonds is 5. The van der Waals surface area contributed by atoms with Crippen LogP contribution in [0.4, 0.5) is 5.69 Å². The molecule has 0 N–H and O–H groups in total. The van der Waals surface area contributed by atoms with E-state index in [1.807, 2.05) is 0 Å². The molecular formula is C10H10ClNO5. The Bertz CT molecular complexity index is 460. The number of benzene rings is 1. The van der Waals surface area contributed by atoms with Crippen LogP contribution in [-0.4, -0.2) is 24.4 Å². The van der Waals surface area contributed by atoms with E-state index < -0.39 is 10.2 Å². The number of nitro benzene ring substituents is 1. The molecule has 0 bridgehead atoms. The van der Waals surface area contributed by atoms with Gasteiger partial charge in [-0.3, -0.25) is 14.9 Å². The van der Waals surface area contributed by atoms with E-state index >= 15 is 0 Å². The predicted octanol–water partition coefficient (Wildman–Crippen LogP) is 1.92. The van der Waals surface area contributed by atoms with Crippen molar-refractivity contribution in [1.82, 2.24) is 0 Å². The van der Waals surface area contributed by atoms with Gasteiger partial charge in [0.2, 0.25) is 5.24 Å². The standard InChI is InChI=1S/C10H10ClNO5/c1-16-8-5-7(12(14)15)9(17-2)3-6(8)4-10(11)13/h3,5H,4H2,1-2H3. The first-order valence-corrected chi connectivity index (χ1v) is 4.95. The summed E-state index contributed by atoms with van der Waals surface area (Å²) in [6.45, 7) is 0. The summed E-state index contributed by atoms with van der Waals surface area (Å²) < 4.78 is 9.84. The average Bonchev–Trinajstić information content (AvgIpc) is 2.27. The Morgan fingerprint density at radius 1 is 1.35 bits per heavy atom. The summed E-state index contributed by atoms with van der Waals surface area (Å²) in [5, 5.41) is 10.2. The largest absolute Gasteiger partial charge is 0.496 e. The van der Waals surface area contributed by atoms with Gasteiger partial charge in [-0.1, -0.05) is 0 Å². The molecule has 17 heavy (non-hydrogen) atoms. The normalized spacial score (nSPS) is 9.82. The van der Waals surface area contributed by atoms with Crippen LogP contribution in [0.15, 0.2) is 12.1 Å². The van der Waals surface area contributed by atoms with Crippen molar-refractivity contribution in [2.24, 2.45) is 0 Å². The highest BCUT2D eigenvalue weighted by Gasteiger charge is 2.20. The number of nitro groups is 1. The number of halogens is 1. The number of carbonyl (C=O) groups excluding carboxylic acids is 1. The Labute approximate surface area is 102 Å². The van der Waals surface area contributed by atoms with Gasteiger partial charge in [0.05, 0.1) is 31.6 Å². The maximum absolute atomic E-state index is 10.8. The van der Waals surface area contributed by atoms with E-state index in [4.69, 9.17) is 21.1 Å². The summed E-state index contributed by atoms with van der Waals surface area (Å²) >= 11 is 5.27. The van der Waals surface area contributed by atoms with Gasteiger partial charge in [0.25, 0.3) is 0 Å². The van der Waals surface area contributed by atoms with Crippen LogP contribution < -0.4 is 9.47 Å². The Morgan fingerprint density at radius 3 is 2.35 bits per heavy atom. The minimum atomic E-state index is -0.590. The molecule has 0 aliphatic rings. The predicted molar refractivity (Wildman–Crippen MR) is 60.8 cm³/mol. The average molecular weight is 260 g/mol. The molecule has 0 unspecified atom stereocenters. The molecule has 1 rings (SSSR count). The Morgan fingerprint density at radius 2 is 1.94 bits per heavy atom. The minimum Gasteiger partial charge on any atom is -0.496 e. The quantitative estimate of drug-likeness (QED) is 0.458. The second-order valence-electron chi connectivity index (χ2n) is 3.12. The lowest BCUT2D eigenvalue weighted by Crippen LogP contribution is -2.01. The van der Waals surface area contributed by atoms with Crippen LogP contribution in [0.1, 0.15) is 5.56 Å². The zero-order valence-electron chi connectivity index (χ0n) is 9.23. The van der Waals surface area contributed by atoms with Crippen molar-refractivity contribution in [2.45, 2.75) is 6.42 Å². The Hall–Kier alpha value is -1.82. The molecule has 0 saturated carbocycles. The zero-order valence-corrected chi connectivity index (χ0v) is 9.98. The molecule has 0 amide bonds. The second kappa shape index (κ2) is 5.49. The van der Waals surface area contributed by atoms with E-state index in [2.05, 4.69) is 0 Å². The van der Waals surface area contributed by atoms with Gasteiger partial charge in [0.15, 0.2) is 5.75 Å². The molecule has 7 heteroatoms. The van der Waals surface area contributed by atoms with Crippen LogP contribution in [-0.2, 0) is 11.2 Å². The molecule has 0 radical (unpaired) electrons. The summed E-state index contributed by atoms with van der Waals surface area (Å²) in [5.41, 5.74) is 0.213. The fourth-order valence-electron chi connectivity index (χ4n) is 1.38. The maximum Gasteiger partial charge on any atom is 0.314 e. The van der Waals surface area contributed by atoms with Crippen molar-refractivity contribution in [3.05, 3.63) is 27.8 Å². The van der Waals surface area contributed by atoms with Crippen LogP contribution in [0.2, 0.25) is 0 Å². The molecule has 0 aliphatic heterocycles. The maximum atomic E-state index is 10.8. The third-order valence-electron chi connectivity index (χ3n) is 2.11. The van der Waals surface area contributed by atoms with Gasteiger partial charge in [0, 0.05) is 5.56 Å². The van der Waals surface area contributed by atoms with E-state index in [0.717, 1.165) is 0 Å². The van der Waals surface area contributed by atoms with E-state index in [1.165, 1.54) is 26.4 Å². The summed E-state index contributed by atoms with van der Waals surface area (Å²) in [5.74, 6) is 0.287. The van der Waals surface area contributed by atoms with Crippen LogP contribution in [0.25, 0.3) is 0 Å². The highest BCUT2D eigenvalue weighted by molar-refractivity contribution is 6.63. The number of hydrogen-bond acceptors (Lipinski definition) is 5. The van der Waals surface area contributed by atoms with Crippen molar-refractivity contribution in [3.63, 3.8) is 0 Å². The summed E-state index contributed by atoms with van der Waals surface area (Å²) in [6.07, 6.45) is -0.0842. The van der Waals surface area contributed by atoms with Crippen LogP contribution in [0.5, 0.6) is 11.5 Å².